The van der Waals surface area contributed by atoms with Gasteiger partial charge in [-0.15, -0.1) is 0 Å². The van der Waals surface area contributed by atoms with Gasteiger partial charge in [0.1, 0.15) is 24.0 Å². The summed E-state index contributed by atoms with van der Waals surface area (Å²) in [5.41, 5.74) is 0.528. The number of carbonyl (C=O) groups is 5. The van der Waals surface area contributed by atoms with Crippen molar-refractivity contribution in [1.29, 1.82) is 0 Å². The number of hydrogen-bond donors (Lipinski definition) is 2. The van der Waals surface area contributed by atoms with E-state index in [0.29, 0.717) is 18.6 Å². The van der Waals surface area contributed by atoms with Crippen LogP contribution >= 0.6 is 0 Å². The van der Waals surface area contributed by atoms with Gasteiger partial charge in [0.2, 0.25) is 17.7 Å². The summed E-state index contributed by atoms with van der Waals surface area (Å²) in [4.78, 5) is 74.4. The molecule has 2 bridgehead atoms. The number of aromatic nitrogens is 1. The van der Waals surface area contributed by atoms with Crippen molar-refractivity contribution in [1.82, 2.24) is 30.3 Å². The normalized spacial score (nSPS) is 21.3. The molecule has 2 aromatic rings. The van der Waals surface area contributed by atoms with Gasteiger partial charge in [0, 0.05) is 39.8 Å². The zero-order chi connectivity index (χ0) is 32.7. The van der Waals surface area contributed by atoms with Crippen LogP contribution in [0.15, 0.2) is 48.8 Å². The Labute approximate surface area is 263 Å². The van der Waals surface area contributed by atoms with Crippen LogP contribution in [0.5, 0.6) is 5.75 Å². The lowest BCUT2D eigenvalue weighted by molar-refractivity contribution is -0.142. The third kappa shape index (κ3) is 9.40. The monoisotopic (exact) mass is 622 g/mol. The van der Waals surface area contributed by atoms with Gasteiger partial charge in [0.25, 0.3) is 5.91 Å². The van der Waals surface area contributed by atoms with E-state index in [9.17, 15) is 24.0 Å². The predicted octanol–water partition coefficient (Wildman–Crippen LogP) is 1.62. The first-order valence-electron chi connectivity index (χ1n) is 15.0. The van der Waals surface area contributed by atoms with Gasteiger partial charge < -0.3 is 34.8 Å². The number of nitrogens with one attached hydrogen (secondary N) is 2. The van der Waals surface area contributed by atoms with Crippen molar-refractivity contribution < 1.29 is 33.4 Å². The summed E-state index contributed by atoms with van der Waals surface area (Å²) in [6, 6.07) is 9.09. The average molecular weight is 623 g/mol. The van der Waals surface area contributed by atoms with E-state index in [1.54, 1.807) is 31.7 Å². The summed E-state index contributed by atoms with van der Waals surface area (Å²) >= 11 is 0. The maximum atomic E-state index is 13.7. The van der Waals surface area contributed by atoms with Crippen LogP contribution in [0, 0.1) is 0 Å². The Kier molecular flexibility index (Phi) is 10.6. The quantitative estimate of drug-likeness (QED) is 0.511. The summed E-state index contributed by atoms with van der Waals surface area (Å²) in [7, 11) is 3.01. The Balaban J connectivity index is 1.55. The molecule has 0 aliphatic carbocycles. The van der Waals surface area contributed by atoms with Crippen LogP contribution in [0.2, 0.25) is 0 Å². The molecule has 0 radical (unpaired) electrons. The molecule has 0 unspecified atom stereocenters. The third-order valence-electron chi connectivity index (χ3n) is 7.53. The van der Waals surface area contributed by atoms with Crippen LogP contribution in [0.3, 0.4) is 0 Å². The number of nitrogens with zero attached hydrogens (tertiary/aromatic N) is 4. The molecule has 45 heavy (non-hydrogen) atoms. The highest BCUT2D eigenvalue weighted by atomic mass is 16.6. The number of fused-ring (bicyclic) bond motifs is 3. The molecule has 1 saturated heterocycles. The minimum absolute atomic E-state index is 0.0746. The fraction of sp³-hybridized carbons (Fsp3) is 0.500. The molecule has 1 fully saturated rings. The van der Waals surface area contributed by atoms with Crippen LogP contribution in [0.1, 0.15) is 49.5 Å². The van der Waals surface area contributed by atoms with Crippen molar-refractivity contribution in [2.75, 3.05) is 40.3 Å². The summed E-state index contributed by atoms with van der Waals surface area (Å²) in [5.74, 6) is -1.31. The molecule has 0 saturated carbocycles. The average Bonchev–Trinajstić information content (AvgIpc) is 3.39. The van der Waals surface area contributed by atoms with Gasteiger partial charge in [-0.05, 0) is 45.2 Å². The molecule has 2 aliphatic rings. The van der Waals surface area contributed by atoms with Crippen molar-refractivity contribution >= 4 is 29.7 Å². The number of hydrogen-bond acceptors (Lipinski definition) is 8. The van der Waals surface area contributed by atoms with Crippen molar-refractivity contribution in [3.63, 3.8) is 0 Å². The van der Waals surface area contributed by atoms with E-state index < -0.39 is 41.6 Å². The van der Waals surface area contributed by atoms with E-state index in [1.165, 1.54) is 36.3 Å². The molecule has 2 N–H and O–H groups in total. The maximum absolute atomic E-state index is 13.7. The first kappa shape index (κ1) is 33.2. The molecule has 13 nitrogen and oxygen atoms in total. The van der Waals surface area contributed by atoms with Crippen molar-refractivity contribution in [2.45, 2.75) is 63.8 Å². The Morgan fingerprint density at radius 3 is 2.47 bits per heavy atom. The first-order valence-corrected chi connectivity index (χ1v) is 15.0. The molecule has 2 aliphatic heterocycles. The van der Waals surface area contributed by atoms with Crippen LogP contribution in [0.4, 0.5) is 4.79 Å². The Bertz CT molecular complexity index is 1400. The summed E-state index contributed by atoms with van der Waals surface area (Å²) in [5, 5.41) is 5.60. The van der Waals surface area contributed by atoms with Crippen molar-refractivity contribution in [3.05, 3.63) is 59.9 Å². The first-order chi connectivity index (χ1) is 21.3. The molecule has 4 rings (SSSR count). The van der Waals surface area contributed by atoms with Gasteiger partial charge >= 0.3 is 6.09 Å². The lowest BCUT2D eigenvalue weighted by Gasteiger charge is -2.30. The Morgan fingerprint density at radius 1 is 1.02 bits per heavy atom. The van der Waals surface area contributed by atoms with E-state index in [1.807, 2.05) is 30.3 Å². The van der Waals surface area contributed by atoms with Gasteiger partial charge in [0.15, 0.2) is 0 Å². The summed E-state index contributed by atoms with van der Waals surface area (Å²) < 4.78 is 11.4. The number of ether oxygens (including phenoxy) is 2. The topological polar surface area (TPSA) is 150 Å². The van der Waals surface area contributed by atoms with Crippen LogP contribution in [-0.4, -0.2) is 113 Å². The molecular weight excluding hydrogens is 580 g/mol. The lowest BCUT2D eigenvalue weighted by Crippen LogP contribution is -2.55. The number of alkyl carbamates (subject to hydrolysis) is 1. The second-order valence-corrected chi connectivity index (χ2v) is 12.5. The molecule has 13 heteroatoms. The highest BCUT2D eigenvalue weighted by Crippen LogP contribution is 2.22. The molecule has 0 spiro atoms. The molecule has 3 heterocycles. The minimum atomic E-state index is -1.10. The Hall–Kier alpha value is -4.68. The molecule has 1 aromatic heterocycles. The zero-order valence-electron chi connectivity index (χ0n) is 26.4. The van der Waals surface area contributed by atoms with Crippen LogP contribution in [-0.2, 0) is 25.5 Å². The van der Waals surface area contributed by atoms with E-state index in [4.69, 9.17) is 9.47 Å². The SMILES string of the molecule is CN1C[C@H](NC(=O)CCc2ccccc2)C(=O)N(C)CC(=O)N2C[C@@H](NC(=O)OC(C)(C)C)C[C@H]2COc2cncc(c2)C1=O. The number of amides is 5. The van der Waals surface area contributed by atoms with Gasteiger partial charge in [-0.2, -0.15) is 0 Å². The summed E-state index contributed by atoms with van der Waals surface area (Å²) in [6.45, 7) is 5.14. The zero-order valence-corrected chi connectivity index (χ0v) is 26.4. The molecular formula is C32H42N6O7. The standard InChI is InChI=1S/C32H42N6O7/c1-32(2,3)45-31(43)34-23-14-24-20-44-25-13-22(15-33-16-25)29(41)36(4)18-26(30(42)37(5)19-28(40)38(24)17-23)35-27(39)12-11-21-9-7-6-8-10-21/h6-10,13,15-16,23-24,26H,11-12,14,17-20H2,1-5H3,(H,34,43)(H,35,39)/t23-,24-,26-/m0/s1. The fourth-order valence-corrected chi connectivity index (χ4v) is 5.34. The lowest BCUT2D eigenvalue weighted by atomic mass is 10.1. The second-order valence-electron chi connectivity index (χ2n) is 12.5. The number of benzene rings is 1. The minimum Gasteiger partial charge on any atom is -0.490 e. The van der Waals surface area contributed by atoms with Crippen LogP contribution < -0.4 is 15.4 Å². The largest absolute Gasteiger partial charge is 0.490 e. The van der Waals surface area contributed by atoms with Crippen molar-refractivity contribution in [2.24, 2.45) is 0 Å². The van der Waals surface area contributed by atoms with Crippen LogP contribution in [0.25, 0.3) is 0 Å². The number of carbonyl (C=O) groups excluding carboxylic acids is 5. The fourth-order valence-electron chi connectivity index (χ4n) is 5.34. The Morgan fingerprint density at radius 2 is 1.76 bits per heavy atom. The highest BCUT2D eigenvalue weighted by molar-refractivity contribution is 5.95. The van der Waals surface area contributed by atoms with E-state index >= 15 is 0 Å². The van der Waals surface area contributed by atoms with E-state index in [2.05, 4.69) is 15.6 Å². The smallest absolute Gasteiger partial charge is 0.407 e. The molecule has 242 valence electrons. The third-order valence-corrected chi connectivity index (χ3v) is 7.53. The molecule has 3 atom stereocenters. The number of aryl methyl sites for hydroxylation is 1. The van der Waals surface area contributed by atoms with Crippen molar-refractivity contribution in [3.8, 4) is 5.75 Å². The number of pyridine rings is 1. The number of likely N-dealkylation sites (N-methyl/N-ethyl adjacent to an activating group) is 2. The second kappa shape index (κ2) is 14.4. The van der Waals surface area contributed by atoms with E-state index in [-0.39, 0.29) is 50.0 Å². The van der Waals surface area contributed by atoms with Gasteiger partial charge in [-0.3, -0.25) is 24.2 Å². The van der Waals surface area contributed by atoms with Gasteiger partial charge in [-0.25, -0.2) is 4.79 Å². The maximum Gasteiger partial charge on any atom is 0.407 e. The van der Waals surface area contributed by atoms with E-state index in [0.717, 1.165) is 5.56 Å². The highest BCUT2D eigenvalue weighted by Gasteiger charge is 2.38. The van der Waals surface area contributed by atoms with Gasteiger partial charge in [-0.1, -0.05) is 30.3 Å². The predicted molar refractivity (Wildman–Crippen MR) is 164 cm³/mol. The number of rotatable bonds is 5. The molecule has 1 aromatic carbocycles. The van der Waals surface area contributed by atoms with Gasteiger partial charge in [0.05, 0.1) is 30.4 Å². The summed E-state index contributed by atoms with van der Waals surface area (Å²) in [6.07, 6.45) is 3.28. The molecule has 5 amide bonds.